The topological polar surface area (TPSA) is 38.9 Å². The average Bonchev–Trinajstić information content (AvgIpc) is 2.63. The zero-order chi connectivity index (χ0) is 10.1. The van der Waals surface area contributed by atoms with Gasteiger partial charge < -0.3 is 4.42 Å². The Bertz CT molecular complexity index is 445. The normalized spacial score (nSPS) is 11.4. The van der Waals surface area contributed by atoms with E-state index in [0.717, 1.165) is 23.3 Å². The minimum atomic E-state index is 0.406. The van der Waals surface area contributed by atoms with E-state index in [1.165, 1.54) is 0 Å². The first-order valence-electron chi connectivity index (χ1n) is 4.96. The molecular formula is C11H14N2O. The second-order valence-electron chi connectivity index (χ2n) is 3.67. The van der Waals surface area contributed by atoms with E-state index in [-0.39, 0.29) is 0 Å². The summed E-state index contributed by atoms with van der Waals surface area (Å²) in [5.41, 5.74) is 1.79. The maximum absolute atomic E-state index is 5.30. The Labute approximate surface area is 83.2 Å². The molecule has 3 nitrogen and oxygen atoms in total. The Morgan fingerprint density at radius 1 is 1.36 bits per heavy atom. The smallest absolute Gasteiger partial charge is 0.229 e. The molecule has 2 aromatic rings. The first kappa shape index (κ1) is 9.19. The largest absolute Gasteiger partial charge is 0.446 e. The molecule has 2 rings (SSSR count). The fourth-order valence-corrected chi connectivity index (χ4v) is 1.52. The lowest BCUT2D eigenvalue weighted by Crippen LogP contribution is -2.00. The van der Waals surface area contributed by atoms with Gasteiger partial charge in [0.25, 0.3) is 0 Å². The molecule has 2 aromatic heterocycles. The molecule has 0 radical (unpaired) electrons. The van der Waals surface area contributed by atoms with Crippen molar-refractivity contribution in [3.63, 3.8) is 0 Å². The highest BCUT2D eigenvalue weighted by Gasteiger charge is 2.11. The fraction of sp³-hybridized carbons (Fsp3) is 0.455. The van der Waals surface area contributed by atoms with Crippen molar-refractivity contribution in [1.82, 2.24) is 9.97 Å². The summed E-state index contributed by atoms with van der Waals surface area (Å²) < 4.78 is 5.30. The van der Waals surface area contributed by atoms with Crippen molar-refractivity contribution in [3.05, 3.63) is 23.8 Å². The first-order chi connectivity index (χ1) is 6.72. The van der Waals surface area contributed by atoms with E-state index in [1.54, 1.807) is 6.26 Å². The summed E-state index contributed by atoms with van der Waals surface area (Å²) >= 11 is 0. The number of rotatable bonds is 2. The Morgan fingerprint density at radius 2 is 2.14 bits per heavy atom. The molecule has 3 heteroatoms. The van der Waals surface area contributed by atoms with Crippen LogP contribution in [0.1, 0.15) is 38.2 Å². The molecule has 74 valence electrons. The monoisotopic (exact) mass is 190 g/mol. The Kier molecular flexibility index (Phi) is 2.23. The standard InChI is InChI=1S/C11H14N2O/c1-4-9-12-10(7(2)3)8-5-6-14-11(8)13-9/h5-7H,4H2,1-3H3. The van der Waals surface area contributed by atoms with Crippen molar-refractivity contribution in [2.24, 2.45) is 0 Å². The van der Waals surface area contributed by atoms with E-state index in [2.05, 4.69) is 23.8 Å². The van der Waals surface area contributed by atoms with Crippen molar-refractivity contribution in [2.45, 2.75) is 33.1 Å². The quantitative estimate of drug-likeness (QED) is 0.730. The molecule has 0 fully saturated rings. The van der Waals surface area contributed by atoms with Crippen LogP contribution in [0.25, 0.3) is 11.1 Å². The van der Waals surface area contributed by atoms with E-state index in [1.807, 2.05) is 13.0 Å². The summed E-state index contributed by atoms with van der Waals surface area (Å²) in [6.07, 6.45) is 2.51. The van der Waals surface area contributed by atoms with Gasteiger partial charge in [0.05, 0.1) is 17.3 Å². The maximum atomic E-state index is 5.30. The summed E-state index contributed by atoms with van der Waals surface area (Å²) in [5.74, 6) is 1.26. The number of hydrogen-bond donors (Lipinski definition) is 0. The van der Waals surface area contributed by atoms with Crippen LogP contribution in [0.4, 0.5) is 0 Å². The van der Waals surface area contributed by atoms with E-state index in [0.29, 0.717) is 11.6 Å². The molecule has 0 aliphatic heterocycles. The summed E-state index contributed by atoms with van der Waals surface area (Å²) in [4.78, 5) is 8.84. The molecule has 0 atom stereocenters. The van der Waals surface area contributed by atoms with Crippen LogP contribution in [0.2, 0.25) is 0 Å². The molecular weight excluding hydrogens is 176 g/mol. The maximum Gasteiger partial charge on any atom is 0.229 e. The van der Waals surface area contributed by atoms with E-state index in [9.17, 15) is 0 Å². The lowest BCUT2D eigenvalue weighted by molar-refractivity contribution is 0.598. The molecule has 0 saturated carbocycles. The van der Waals surface area contributed by atoms with Crippen LogP contribution in [0, 0.1) is 0 Å². The molecule has 0 bridgehead atoms. The van der Waals surface area contributed by atoms with E-state index >= 15 is 0 Å². The van der Waals surface area contributed by atoms with E-state index in [4.69, 9.17) is 4.42 Å². The second kappa shape index (κ2) is 3.40. The third kappa shape index (κ3) is 1.39. The molecule has 0 spiro atoms. The predicted molar refractivity (Wildman–Crippen MR) is 55.3 cm³/mol. The molecule has 0 aromatic carbocycles. The van der Waals surface area contributed by atoms with Crippen molar-refractivity contribution < 1.29 is 4.42 Å². The van der Waals surface area contributed by atoms with Gasteiger partial charge in [-0.3, -0.25) is 0 Å². The van der Waals surface area contributed by atoms with Crippen LogP contribution in [-0.4, -0.2) is 9.97 Å². The molecule has 0 aliphatic carbocycles. The highest BCUT2D eigenvalue weighted by Crippen LogP contribution is 2.23. The van der Waals surface area contributed by atoms with Crippen LogP contribution in [0.5, 0.6) is 0 Å². The Hall–Kier alpha value is -1.38. The van der Waals surface area contributed by atoms with Gasteiger partial charge in [-0.1, -0.05) is 20.8 Å². The van der Waals surface area contributed by atoms with Crippen molar-refractivity contribution in [3.8, 4) is 0 Å². The third-order valence-corrected chi connectivity index (χ3v) is 2.26. The van der Waals surface area contributed by atoms with Gasteiger partial charge in [-0.25, -0.2) is 4.98 Å². The van der Waals surface area contributed by atoms with Crippen molar-refractivity contribution >= 4 is 11.1 Å². The summed E-state index contributed by atoms with van der Waals surface area (Å²) in [5, 5.41) is 1.04. The van der Waals surface area contributed by atoms with Crippen LogP contribution in [0.15, 0.2) is 16.7 Å². The van der Waals surface area contributed by atoms with Gasteiger partial charge in [-0.05, 0) is 12.0 Å². The second-order valence-corrected chi connectivity index (χ2v) is 3.67. The van der Waals surface area contributed by atoms with Gasteiger partial charge in [-0.2, -0.15) is 4.98 Å². The van der Waals surface area contributed by atoms with Crippen LogP contribution in [0.3, 0.4) is 0 Å². The number of hydrogen-bond acceptors (Lipinski definition) is 3. The lowest BCUT2D eigenvalue weighted by Gasteiger charge is -2.06. The van der Waals surface area contributed by atoms with Crippen molar-refractivity contribution in [1.29, 1.82) is 0 Å². The van der Waals surface area contributed by atoms with Gasteiger partial charge >= 0.3 is 0 Å². The van der Waals surface area contributed by atoms with Crippen LogP contribution in [-0.2, 0) is 6.42 Å². The SMILES string of the molecule is CCc1nc(C(C)C)c2ccoc2n1. The summed E-state index contributed by atoms with van der Waals surface area (Å²) in [6.45, 7) is 6.32. The van der Waals surface area contributed by atoms with Gasteiger partial charge in [0.15, 0.2) is 0 Å². The van der Waals surface area contributed by atoms with Gasteiger partial charge in [0, 0.05) is 6.42 Å². The Balaban J connectivity index is 2.70. The van der Waals surface area contributed by atoms with Crippen LogP contribution >= 0.6 is 0 Å². The molecule has 0 unspecified atom stereocenters. The number of aromatic nitrogens is 2. The molecule has 0 amide bonds. The zero-order valence-corrected chi connectivity index (χ0v) is 8.74. The number of nitrogens with zero attached hydrogens (tertiary/aromatic N) is 2. The molecule has 0 aliphatic rings. The lowest BCUT2D eigenvalue weighted by atomic mass is 10.1. The predicted octanol–water partition coefficient (Wildman–Crippen LogP) is 2.91. The fourth-order valence-electron chi connectivity index (χ4n) is 1.52. The average molecular weight is 190 g/mol. The van der Waals surface area contributed by atoms with Crippen molar-refractivity contribution in [2.75, 3.05) is 0 Å². The molecule has 0 N–H and O–H groups in total. The highest BCUT2D eigenvalue weighted by molar-refractivity contribution is 5.76. The van der Waals surface area contributed by atoms with Gasteiger partial charge in [-0.15, -0.1) is 0 Å². The zero-order valence-electron chi connectivity index (χ0n) is 8.74. The number of fused-ring (bicyclic) bond motifs is 1. The summed E-state index contributed by atoms with van der Waals surface area (Å²) in [6, 6.07) is 1.93. The third-order valence-electron chi connectivity index (χ3n) is 2.26. The number of aryl methyl sites for hydroxylation is 1. The summed E-state index contributed by atoms with van der Waals surface area (Å²) in [7, 11) is 0. The molecule has 0 saturated heterocycles. The minimum absolute atomic E-state index is 0.406. The van der Waals surface area contributed by atoms with Gasteiger partial charge in [0.2, 0.25) is 5.71 Å². The van der Waals surface area contributed by atoms with Gasteiger partial charge in [0.1, 0.15) is 5.82 Å². The molecule has 14 heavy (non-hydrogen) atoms. The van der Waals surface area contributed by atoms with E-state index < -0.39 is 0 Å². The first-order valence-corrected chi connectivity index (χ1v) is 4.96. The minimum Gasteiger partial charge on any atom is -0.446 e. The Morgan fingerprint density at radius 3 is 2.79 bits per heavy atom. The number of furan rings is 1. The van der Waals surface area contributed by atoms with Crippen LogP contribution < -0.4 is 0 Å². The highest BCUT2D eigenvalue weighted by atomic mass is 16.3. The molecule has 2 heterocycles.